The van der Waals surface area contributed by atoms with Gasteiger partial charge in [0.25, 0.3) is 0 Å². The van der Waals surface area contributed by atoms with Crippen LogP contribution in [-0.4, -0.2) is 18.6 Å². The molecule has 0 aliphatic heterocycles. The molecule has 0 saturated heterocycles. The van der Waals surface area contributed by atoms with Gasteiger partial charge in [0.2, 0.25) is 0 Å². The van der Waals surface area contributed by atoms with E-state index in [2.05, 4.69) is 12.2 Å². The van der Waals surface area contributed by atoms with Crippen LogP contribution in [0.15, 0.2) is 0 Å². The summed E-state index contributed by atoms with van der Waals surface area (Å²) in [4.78, 5) is 0. The molecule has 76 valence electrons. The van der Waals surface area contributed by atoms with Gasteiger partial charge in [-0.05, 0) is 32.2 Å². The Labute approximate surface area is 87.5 Å². The average Bonchev–Trinajstić information content (AvgIpc) is 1.95. The minimum Gasteiger partial charge on any atom is -0.328 e. The van der Waals surface area contributed by atoms with Gasteiger partial charge in [0, 0.05) is 12.1 Å². The van der Waals surface area contributed by atoms with E-state index < -0.39 is 0 Å². The predicted molar refractivity (Wildman–Crippen MR) is 58.4 cm³/mol. The Morgan fingerprint density at radius 1 is 1.17 bits per heavy atom. The molecule has 0 amide bonds. The molecule has 0 spiro atoms. The Balaban J connectivity index is 0. The first-order valence-corrected chi connectivity index (χ1v) is 4.32. The summed E-state index contributed by atoms with van der Waals surface area (Å²) in [5.41, 5.74) is 5.77. The van der Waals surface area contributed by atoms with Gasteiger partial charge in [0.05, 0.1) is 0 Å². The molecule has 0 unspecified atom stereocenters. The summed E-state index contributed by atoms with van der Waals surface area (Å²) >= 11 is 0. The number of nitrogens with one attached hydrogen (secondary N) is 1. The normalized spacial score (nSPS) is 28.5. The highest BCUT2D eigenvalue weighted by atomic mass is 35.5. The molecule has 0 bridgehead atoms. The molecule has 0 aromatic heterocycles. The zero-order chi connectivity index (χ0) is 7.40. The monoisotopic (exact) mass is 214 g/mol. The predicted octanol–water partition coefficient (Wildman–Crippen LogP) is 1.71. The highest BCUT2D eigenvalue weighted by Gasteiger charge is 2.16. The Morgan fingerprint density at radius 3 is 2.08 bits per heavy atom. The number of rotatable bonds is 2. The zero-order valence-corrected chi connectivity index (χ0v) is 9.22. The van der Waals surface area contributed by atoms with Gasteiger partial charge in [-0.15, -0.1) is 24.8 Å². The maximum absolute atomic E-state index is 5.77. The second kappa shape index (κ2) is 8.11. The van der Waals surface area contributed by atoms with Gasteiger partial charge in [-0.1, -0.05) is 6.92 Å². The van der Waals surface area contributed by atoms with Gasteiger partial charge < -0.3 is 11.1 Å². The Kier molecular flexibility index (Phi) is 10.1. The van der Waals surface area contributed by atoms with E-state index in [9.17, 15) is 0 Å². The third kappa shape index (κ3) is 5.20. The summed E-state index contributed by atoms with van der Waals surface area (Å²) in [6.07, 6.45) is 4.96. The second-order valence-electron chi connectivity index (χ2n) is 3.17. The number of nitrogens with two attached hydrogens (primary N) is 1. The minimum atomic E-state index is 0. The summed E-state index contributed by atoms with van der Waals surface area (Å²) in [7, 11) is 0. The van der Waals surface area contributed by atoms with Crippen LogP contribution in [0.5, 0.6) is 0 Å². The van der Waals surface area contributed by atoms with Gasteiger partial charge in [-0.2, -0.15) is 0 Å². The van der Waals surface area contributed by atoms with Crippen LogP contribution in [0.4, 0.5) is 0 Å². The first-order valence-electron chi connectivity index (χ1n) is 4.32. The standard InChI is InChI=1S/C8H18N2.2ClH/c1-2-10-8-5-3-7(9)4-6-8;;/h7-8,10H,2-6,9H2,1H3;2*1H. The van der Waals surface area contributed by atoms with Crippen LogP contribution in [0, 0.1) is 0 Å². The maximum Gasteiger partial charge on any atom is 0.00681 e. The largest absolute Gasteiger partial charge is 0.328 e. The Morgan fingerprint density at radius 2 is 1.67 bits per heavy atom. The molecule has 1 aliphatic rings. The molecule has 3 N–H and O–H groups in total. The van der Waals surface area contributed by atoms with E-state index in [-0.39, 0.29) is 24.8 Å². The molecule has 0 atom stereocenters. The first-order chi connectivity index (χ1) is 4.83. The van der Waals surface area contributed by atoms with E-state index >= 15 is 0 Å². The molecule has 1 fully saturated rings. The molecule has 0 heterocycles. The summed E-state index contributed by atoms with van der Waals surface area (Å²) in [5, 5.41) is 3.45. The summed E-state index contributed by atoms with van der Waals surface area (Å²) in [5.74, 6) is 0. The van der Waals surface area contributed by atoms with Crippen LogP contribution in [0.3, 0.4) is 0 Å². The highest BCUT2D eigenvalue weighted by Crippen LogP contribution is 2.16. The third-order valence-electron chi connectivity index (χ3n) is 2.26. The van der Waals surface area contributed by atoms with E-state index in [0.29, 0.717) is 6.04 Å². The number of halogens is 2. The van der Waals surface area contributed by atoms with E-state index in [0.717, 1.165) is 12.6 Å². The average molecular weight is 215 g/mol. The highest BCUT2D eigenvalue weighted by molar-refractivity contribution is 5.85. The van der Waals surface area contributed by atoms with Gasteiger partial charge in [-0.25, -0.2) is 0 Å². The maximum atomic E-state index is 5.77. The molecule has 0 radical (unpaired) electrons. The van der Waals surface area contributed by atoms with Crippen molar-refractivity contribution in [2.75, 3.05) is 6.54 Å². The molecule has 1 saturated carbocycles. The number of hydrogen-bond acceptors (Lipinski definition) is 2. The third-order valence-corrected chi connectivity index (χ3v) is 2.26. The smallest absolute Gasteiger partial charge is 0.00681 e. The van der Waals surface area contributed by atoms with Crippen molar-refractivity contribution in [2.45, 2.75) is 44.7 Å². The van der Waals surface area contributed by atoms with E-state index in [1.807, 2.05) is 0 Å². The minimum absolute atomic E-state index is 0. The molecular weight excluding hydrogens is 195 g/mol. The van der Waals surface area contributed by atoms with Gasteiger partial charge in [0.15, 0.2) is 0 Å². The first kappa shape index (κ1) is 15.0. The van der Waals surface area contributed by atoms with E-state index in [4.69, 9.17) is 5.73 Å². The Hall–Kier alpha value is 0.500. The summed E-state index contributed by atoms with van der Waals surface area (Å²) in [6, 6.07) is 1.24. The SMILES string of the molecule is CCNC1CCC(N)CC1.Cl.Cl. The molecule has 1 aliphatic carbocycles. The fourth-order valence-electron chi connectivity index (χ4n) is 1.61. The van der Waals surface area contributed by atoms with Crippen molar-refractivity contribution in [3.05, 3.63) is 0 Å². The fourth-order valence-corrected chi connectivity index (χ4v) is 1.61. The molecule has 0 aromatic carbocycles. The topological polar surface area (TPSA) is 38.0 Å². The van der Waals surface area contributed by atoms with Crippen LogP contribution in [0.25, 0.3) is 0 Å². The van der Waals surface area contributed by atoms with Crippen molar-refractivity contribution < 1.29 is 0 Å². The van der Waals surface area contributed by atoms with Gasteiger partial charge in [-0.3, -0.25) is 0 Å². The van der Waals surface area contributed by atoms with Crippen LogP contribution in [-0.2, 0) is 0 Å². The lowest BCUT2D eigenvalue weighted by Crippen LogP contribution is -2.37. The molecule has 12 heavy (non-hydrogen) atoms. The molecular formula is C8H20Cl2N2. The lowest BCUT2D eigenvalue weighted by molar-refractivity contribution is 0.348. The van der Waals surface area contributed by atoms with Gasteiger partial charge in [0.1, 0.15) is 0 Å². The fraction of sp³-hybridized carbons (Fsp3) is 1.00. The van der Waals surface area contributed by atoms with Crippen LogP contribution < -0.4 is 11.1 Å². The zero-order valence-electron chi connectivity index (χ0n) is 7.58. The van der Waals surface area contributed by atoms with Crippen molar-refractivity contribution in [2.24, 2.45) is 5.73 Å². The van der Waals surface area contributed by atoms with E-state index in [1.54, 1.807) is 0 Å². The molecule has 1 rings (SSSR count). The number of hydrogen-bond donors (Lipinski definition) is 2. The van der Waals surface area contributed by atoms with Gasteiger partial charge >= 0.3 is 0 Å². The Bertz CT molecular complexity index is 93.1. The van der Waals surface area contributed by atoms with Crippen molar-refractivity contribution in [1.82, 2.24) is 5.32 Å². The van der Waals surface area contributed by atoms with Crippen LogP contribution in [0.2, 0.25) is 0 Å². The van der Waals surface area contributed by atoms with Crippen molar-refractivity contribution >= 4 is 24.8 Å². The lowest BCUT2D eigenvalue weighted by Gasteiger charge is -2.26. The van der Waals surface area contributed by atoms with Crippen molar-refractivity contribution in [1.29, 1.82) is 0 Å². The molecule has 4 heteroatoms. The summed E-state index contributed by atoms with van der Waals surface area (Å²) in [6.45, 7) is 3.26. The molecule has 0 aromatic rings. The lowest BCUT2D eigenvalue weighted by atomic mass is 9.92. The molecule has 2 nitrogen and oxygen atoms in total. The van der Waals surface area contributed by atoms with Crippen molar-refractivity contribution in [3.8, 4) is 0 Å². The van der Waals surface area contributed by atoms with Crippen LogP contribution in [0.1, 0.15) is 32.6 Å². The quantitative estimate of drug-likeness (QED) is 0.735. The van der Waals surface area contributed by atoms with E-state index in [1.165, 1.54) is 25.7 Å². The van der Waals surface area contributed by atoms with Crippen LogP contribution >= 0.6 is 24.8 Å². The second-order valence-corrected chi connectivity index (χ2v) is 3.17. The van der Waals surface area contributed by atoms with Crippen molar-refractivity contribution in [3.63, 3.8) is 0 Å². The summed E-state index contributed by atoms with van der Waals surface area (Å²) < 4.78 is 0.